The van der Waals surface area contributed by atoms with Gasteiger partial charge in [-0.05, 0) is 31.6 Å². The zero-order valence-electron chi connectivity index (χ0n) is 7.75. The van der Waals surface area contributed by atoms with E-state index in [9.17, 15) is 0 Å². The number of allylic oxidation sites excluding steroid dienone is 1. The number of methoxy groups -OCH3 is 1. The van der Waals surface area contributed by atoms with Crippen LogP contribution >= 0.6 is 0 Å². The fourth-order valence-electron chi connectivity index (χ4n) is 1.83. The molecule has 0 aromatic heterocycles. The summed E-state index contributed by atoms with van der Waals surface area (Å²) in [6.45, 7) is 4.20. The molecular formula is C10H18O2. The molecule has 1 aliphatic carbocycles. The normalized spacial score (nSPS) is 29.8. The zero-order valence-corrected chi connectivity index (χ0v) is 7.75. The second kappa shape index (κ2) is 4.51. The summed E-state index contributed by atoms with van der Waals surface area (Å²) in [5.74, 6) is 1.95. The molecule has 2 heteroatoms. The van der Waals surface area contributed by atoms with Crippen molar-refractivity contribution in [2.45, 2.75) is 25.7 Å². The highest BCUT2D eigenvalue weighted by Crippen LogP contribution is 2.32. The Hall–Kier alpha value is -0.500. The lowest BCUT2D eigenvalue weighted by Crippen LogP contribution is -2.18. The van der Waals surface area contributed by atoms with Crippen LogP contribution < -0.4 is 0 Å². The van der Waals surface area contributed by atoms with Gasteiger partial charge in [0.15, 0.2) is 0 Å². The Morgan fingerprint density at radius 3 is 2.42 bits per heavy atom. The third-order valence-electron chi connectivity index (χ3n) is 2.82. The molecule has 0 aromatic carbocycles. The van der Waals surface area contributed by atoms with Gasteiger partial charge >= 0.3 is 0 Å². The van der Waals surface area contributed by atoms with Crippen LogP contribution in [0.2, 0.25) is 0 Å². The van der Waals surface area contributed by atoms with Crippen molar-refractivity contribution in [2.75, 3.05) is 13.7 Å². The molecule has 2 nitrogen and oxygen atoms in total. The molecule has 0 aromatic rings. The molecule has 0 atom stereocenters. The van der Waals surface area contributed by atoms with Crippen molar-refractivity contribution in [2.24, 2.45) is 11.8 Å². The summed E-state index contributed by atoms with van der Waals surface area (Å²) >= 11 is 0. The summed E-state index contributed by atoms with van der Waals surface area (Å²) < 4.78 is 5.10. The van der Waals surface area contributed by atoms with E-state index >= 15 is 0 Å². The Morgan fingerprint density at radius 2 is 2.00 bits per heavy atom. The summed E-state index contributed by atoms with van der Waals surface area (Å²) in [4.78, 5) is 0. The SMILES string of the molecule is C=C(OC)C1CCC(CO)CC1. The van der Waals surface area contributed by atoms with Gasteiger partial charge in [0.1, 0.15) is 0 Å². The van der Waals surface area contributed by atoms with E-state index in [4.69, 9.17) is 9.84 Å². The number of hydrogen-bond acceptors (Lipinski definition) is 2. The van der Waals surface area contributed by atoms with Crippen LogP contribution in [0.5, 0.6) is 0 Å². The molecule has 1 fully saturated rings. The van der Waals surface area contributed by atoms with Crippen LogP contribution in [0.25, 0.3) is 0 Å². The first-order valence-corrected chi connectivity index (χ1v) is 4.61. The van der Waals surface area contributed by atoms with Gasteiger partial charge in [0.25, 0.3) is 0 Å². The molecule has 1 saturated carbocycles. The molecule has 0 aliphatic heterocycles. The second-order valence-electron chi connectivity index (χ2n) is 3.57. The fraction of sp³-hybridized carbons (Fsp3) is 0.800. The summed E-state index contributed by atoms with van der Waals surface area (Å²) in [6.07, 6.45) is 4.48. The van der Waals surface area contributed by atoms with E-state index in [1.54, 1.807) is 7.11 Å². The van der Waals surface area contributed by atoms with Crippen molar-refractivity contribution >= 4 is 0 Å². The van der Waals surface area contributed by atoms with Gasteiger partial charge in [-0.25, -0.2) is 0 Å². The Kier molecular flexibility index (Phi) is 3.60. The maximum absolute atomic E-state index is 8.92. The third kappa shape index (κ3) is 2.24. The largest absolute Gasteiger partial charge is 0.501 e. The lowest BCUT2D eigenvalue weighted by Gasteiger charge is -2.27. The summed E-state index contributed by atoms with van der Waals surface area (Å²) in [6, 6.07) is 0. The van der Waals surface area contributed by atoms with E-state index < -0.39 is 0 Å². The van der Waals surface area contributed by atoms with Gasteiger partial charge in [-0.15, -0.1) is 0 Å². The predicted molar refractivity (Wildman–Crippen MR) is 48.7 cm³/mol. The number of ether oxygens (including phenoxy) is 1. The van der Waals surface area contributed by atoms with Gasteiger partial charge in [-0.2, -0.15) is 0 Å². The molecule has 0 unspecified atom stereocenters. The maximum Gasteiger partial charge on any atom is 0.0914 e. The summed E-state index contributed by atoms with van der Waals surface area (Å²) in [7, 11) is 1.68. The van der Waals surface area contributed by atoms with Crippen molar-refractivity contribution in [1.29, 1.82) is 0 Å². The van der Waals surface area contributed by atoms with Crippen molar-refractivity contribution in [3.8, 4) is 0 Å². The van der Waals surface area contributed by atoms with Crippen LogP contribution in [0, 0.1) is 11.8 Å². The van der Waals surface area contributed by atoms with Crippen molar-refractivity contribution in [3.63, 3.8) is 0 Å². The van der Waals surface area contributed by atoms with Crippen LogP contribution in [-0.4, -0.2) is 18.8 Å². The topological polar surface area (TPSA) is 29.5 Å². The fourth-order valence-corrected chi connectivity index (χ4v) is 1.83. The minimum atomic E-state index is 0.339. The van der Waals surface area contributed by atoms with E-state index in [1.165, 1.54) is 0 Å². The van der Waals surface area contributed by atoms with E-state index in [2.05, 4.69) is 6.58 Å². The van der Waals surface area contributed by atoms with Crippen LogP contribution in [0.15, 0.2) is 12.3 Å². The Bertz CT molecular complexity index is 146. The van der Waals surface area contributed by atoms with Crippen LogP contribution in [-0.2, 0) is 4.74 Å². The molecule has 0 heterocycles. The molecule has 0 bridgehead atoms. The lowest BCUT2D eigenvalue weighted by molar-refractivity contribution is 0.149. The number of hydrogen-bond donors (Lipinski definition) is 1. The smallest absolute Gasteiger partial charge is 0.0914 e. The lowest BCUT2D eigenvalue weighted by atomic mass is 9.82. The Balaban J connectivity index is 2.30. The highest BCUT2D eigenvalue weighted by molar-refractivity contribution is 4.93. The number of rotatable bonds is 3. The third-order valence-corrected chi connectivity index (χ3v) is 2.82. The highest BCUT2D eigenvalue weighted by Gasteiger charge is 2.22. The monoisotopic (exact) mass is 170 g/mol. The van der Waals surface area contributed by atoms with E-state index in [0.717, 1.165) is 31.4 Å². The molecule has 1 N–H and O–H groups in total. The standard InChI is InChI=1S/C10H18O2/c1-8(12-2)10-5-3-9(7-11)4-6-10/h9-11H,1,3-7H2,2H3. The van der Waals surface area contributed by atoms with E-state index in [1.807, 2.05) is 0 Å². The summed E-state index contributed by atoms with van der Waals surface area (Å²) in [5, 5.41) is 8.92. The summed E-state index contributed by atoms with van der Waals surface area (Å²) in [5.41, 5.74) is 0. The molecule has 0 radical (unpaired) electrons. The van der Waals surface area contributed by atoms with Crippen LogP contribution in [0.4, 0.5) is 0 Å². The first-order chi connectivity index (χ1) is 5.77. The van der Waals surface area contributed by atoms with Gasteiger partial charge in [0.2, 0.25) is 0 Å². The van der Waals surface area contributed by atoms with Gasteiger partial charge in [0, 0.05) is 12.5 Å². The van der Waals surface area contributed by atoms with Gasteiger partial charge < -0.3 is 9.84 Å². The van der Waals surface area contributed by atoms with E-state index in [0.29, 0.717) is 18.4 Å². The van der Waals surface area contributed by atoms with Gasteiger partial charge in [0.05, 0.1) is 12.9 Å². The first-order valence-electron chi connectivity index (χ1n) is 4.61. The number of aliphatic hydroxyl groups is 1. The first kappa shape index (κ1) is 9.59. The maximum atomic E-state index is 8.92. The molecular weight excluding hydrogens is 152 g/mol. The van der Waals surface area contributed by atoms with Gasteiger partial charge in [-0.1, -0.05) is 6.58 Å². The quantitative estimate of drug-likeness (QED) is 0.656. The van der Waals surface area contributed by atoms with Crippen molar-refractivity contribution in [1.82, 2.24) is 0 Å². The van der Waals surface area contributed by atoms with Crippen molar-refractivity contribution < 1.29 is 9.84 Å². The Labute approximate surface area is 74.2 Å². The van der Waals surface area contributed by atoms with E-state index in [-0.39, 0.29) is 0 Å². The minimum absolute atomic E-state index is 0.339. The van der Waals surface area contributed by atoms with Gasteiger partial charge in [-0.3, -0.25) is 0 Å². The molecule has 12 heavy (non-hydrogen) atoms. The van der Waals surface area contributed by atoms with Crippen molar-refractivity contribution in [3.05, 3.63) is 12.3 Å². The minimum Gasteiger partial charge on any atom is -0.501 e. The molecule has 1 rings (SSSR count). The molecule has 0 spiro atoms. The zero-order chi connectivity index (χ0) is 8.97. The second-order valence-corrected chi connectivity index (χ2v) is 3.57. The average Bonchev–Trinajstić information content (AvgIpc) is 2.17. The molecule has 0 saturated heterocycles. The average molecular weight is 170 g/mol. The molecule has 1 aliphatic rings. The van der Waals surface area contributed by atoms with Crippen LogP contribution in [0.1, 0.15) is 25.7 Å². The van der Waals surface area contributed by atoms with Crippen LogP contribution in [0.3, 0.4) is 0 Å². The molecule has 0 amide bonds. The highest BCUT2D eigenvalue weighted by atomic mass is 16.5. The molecule has 70 valence electrons. The predicted octanol–water partition coefficient (Wildman–Crippen LogP) is 1.95. The number of aliphatic hydroxyl groups excluding tert-OH is 1. The Morgan fingerprint density at radius 1 is 1.42 bits per heavy atom.